The Bertz CT molecular complexity index is 3410. The first kappa shape index (κ1) is 31.3. The lowest BCUT2D eigenvalue weighted by Gasteiger charge is -2.28. The zero-order chi connectivity index (χ0) is 37.1. The predicted molar refractivity (Wildman–Crippen MR) is 234 cm³/mol. The van der Waals surface area contributed by atoms with Crippen LogP contribution in [-0.2, 0) is 5.41 Å². The average molecular weight is 718 g/mol. The minimum Gasteiger partial charge on any atom is -0.456 e. The highest BCUT2D eigenvalue weighted by Gasteiger charge is 2.36. The lowest BCUT2D eigenvalue weighted by molar-refractivity contribution is 0.660. The molecule has 11 aromatic rings. The van der Waals surface area contributed by atoms with Gasteiger partial charge in [0.25, 0.3) is 0 Å². The summed E-state index contributed by atoms with van der Waals surface area (Å²) < 4.78 is 14.0. The van der Waals surface area contributed by atoms with E-state index in [9.17, 15) is 0 Å². The summed E-state index contributed by atoms with van der Waals surface area (Å²) in [6.07, 6.45) is 0. The molecule has 0 radical (unpaired) electrons. The van der Waals surface area contributed by atoms with Gasteiger partial charge in [-0.3, -0.25) is 0 Å². The van der Waals surface area contributed by atoms with Crippen LogP contribution in [0.2, 0.25) is 0 Å². The van der Waals surface area contributed by atoms with Crippen molar-refractivity contribution >= 4 is 82.5 Å². The number of anilines is 3. The van der Waals surface area contributed by atoms with Gasteiger partial charge in [0, 0.05) is 43.9 Å². The molecule has 2 heterocycles. The van der Waals surface area contributed by atoms with E-state index in [0.717, 1.165) is 72.1 Å². The first-order valence-corrected chi connectivity index (χ1v) is 19.3. The fourth-order valence-electron chi connectivity index (χ4n) is 9.57. The van der Waals surface area contributed by atoms with Gasteiger partial charge in [0.1, 0.15) is 16.7 Å². The van der Waals surface area contributed by atoms with Crippen LogP contribution in [0.15, 0.2) is 185 Å². The minimum atomic E-state index is -0.146. The van der Waals surface area contributed by atoms with Crippen molar-refractivity contribution in [3.8, 4) is 22.3 Å². The maximum Gasteiger partial charge on any atom is 0.159 e. The Hall–Kier alpha value is -7.10. The second kappa shape index (κ2) is 11.5. The molecule has 0 bridgehead atoms. The molecule has 2 aromatic heterocycles. The third kappa shape index (κ3) is 4.34. The van der Waals surface area contributed by atoms with Gasteiger partial charge in [-0.2, -0.15) is 0 Å². The van der Waals surface area contributed by atoms with Crippen molar-refractivity contribution < 1.29 is 8.83 Å². The van der Waals surface area contributed by atoms with Crippen LogP contribution in [0.5, 0.6) is 0 Å². The van der Waals surface area contributed by atoms with Gasteiger partial charge in [-0.1, -0.05) is 147 Å². The van der Waals surface area contributed by atoms with Gasteiger partial charge < -0.3 is 13.7 Å². The normalized spacial score (nSPS) is 13.3. The smallest absolute Gasteiger partial charge is 0.159 e. The molecule has 0 amide bonds. The zero-order valence-corrected chi connectivity index (χ0v) is 31.0. The molecule has 0 saturated heterocycles. The summed E-state index contributed by atoms with van der Waals surface area (Å²) in [7, 11) is 0. The lowest BCUT2D eigenvalue weighted by atomic mass is 9.82. The van der Waals surface area contributed by atoms with Gasteiger partial charge in [-0.05, 0) is 91.8 Å². The van der Waals surface area contributed by atoms with Gasteiger partial charge in [0.2, 0.25) is 0 Å². The number of hydrogen-bond donors (Lipinski definition) is 0. The molecule has 12 rings (SSSR count). The van der Waals surface area contributed by atoms with Crippen LogP contribution in [0.3, 0.4) is 0 Å². The monoisotopic (exact) mass is 717 g/mol. The van der Waals surface area contributed by atoms with Crippen LogP contribution in [-0.4, -0.2) is 0 Å². The van der Waals surface area contributed by atoms with Crippen molar-refractivity contribution in [3.05, 3.63) is 187 Å². The molecule has 9 aromatic carbocycles. The number of rotatable bonds is 4. The van der Waals surface area contributed by atoms with Crippen molar-refractivity contribution in [1.29, 1.82) is 0 Å². The van der Waals surface area contributed by atoms with E-state index < -0.39 is 0 Å². The maximum absolute atomic E-state index is 7.36. The number of nitrogens with zero attached hydrogens (tertiary/aromatic N) is 1. The summed E-state index contributed by atoms with van der Waals surface area (Å²) >= 11 is 0. The molecule has 0 N–H and O–H groups in total. The molecule has 0 spiro atoms. The molecular weight excluding hydrogens is 683 g/mol. The van der Waals surface area contributed by atoms with E-state index in [0.29, 0.717) is 0 Å². The van der Waals surface area contributed by atoms with Crippen molar-refractivity contribution in [2.75, 3.05) is 4.90 Å². The van der Waals surface area contributed by atoms with Crippen LogP contribution in [0, 0.1) is 0 Å². The second-order valence-corrected chi connectivity index (χ2v) is 15.6. The molecule has 1 aliphatic rings. The van der Waals surface area contributed by atoms with Crippen LogP contribution < -0.4 is 4.90 Å². The van der Waals surface area contributed by atoms with Gasteiger partial charge in [-0.25, -0.2) is 0 Å². The molecule has 0 aliphatic heterocycles. The first-order valence-electron chi connectivity index (χ1n) is 19.3. The van der Waals surface area contributed by atoms with E-state index in [-0.39, 0.29) is 5.41 Å². The first-order chi connectivity index (χ1) is 27.5. The molecule has 1 aliphatic carbocycles. The molecular formula is C53H35NO2. The van der Waals surface area contributed by atoms with E-state index in [1.54, 1.807) is 0 Å². The Morgan fingerprint density at radius 1 is 0.411 bits per heavy atom. The molecule has 3 heteroatoms. The van der Waals surface area contributed by atoms with Crippen LogP contribution in [0.1, 0.15) is 25.0 Å². The topological polar surface area (TPSA) is 29.5 Å². The largest absolute Gasteiger partial charge is 0.456 e. The summed E-state index contributed by atoms with van der Waals surface area (Å²) in [6, 6.07) is 63.4. The van der Waals surface area contributed by atoms with Crippen molar-refractivity contribution in [3.63, 3.8) is 0 Å². The Morgan fingerprint density at radius 3 is 1.98 bits per heavy atom. The van der Waals surface area contributed by atoms with Crippen molar-refractivity contribution in [2.45, 2.75) is 19.3 Å². The van der Waals surface area contributed by atoms with Crippen molar-refractivity contribution in [2.24, 2.45) is 0 Å². The number of fused-ring (bicyclic) bond motifs is 11. The highest BCUT2D eigenvalue weighted by Crippen LogP contribution is 2.53. The summed E-state index contributed by atoms with van der Waals surface area (Å²) in [6.45, 7) is 4.69. The molecule has 0 saturated carbocycles. The average Bonchev–Trinajstić information content (AvgIpc) is 3.88. The molecule has 0 unspecified atom stereocenters. The molecule has 0 fully saturated rings. The number of hydrogen-bond acceptors (Lipinski definition) is 3. The Labute approximate surface area is 323 Å². The van der Waals surface area contributed by atoms with Crippen molar-refractivity contribution in [1.82, 2.24) is 0 Å². The Kier molecular flexibility index (Phi) is 6.40. The summed E-state index contributed by atoms with van der Waals surface area (Å²) in [4.78, 5) is 2.38. The van der Waals surface area contributed by atoms with Gasteiger partial charge in [0.05, 0.1) is 5.69 Å². The lowest BCUT2D eigenvalue weighted by Crippen LogP contribution is -2.16. The van der Waals surface area contributed by atoms with Crippen LogP contribution in [0.4, 0.5) is 17.1 Å². The Balaban J connectivity index is 1.17. The highest BCUT2D eigenvalue weighted by atomic mass is 16.3. The van der Waals surface area contributed by atoms with Gasteiger partial charge in [-0.15, -0.1) is 0 Å². The third-order valence-corrected chi connectivity index (χ3v) is 12.2. The Morgan fingerprint density at radius 2 is 1.07 bits per heavy atom. The molecule has 0 atom stereocenters. The van der Waals surface area contributed by atoms with Crippen LogP contribution in [0.25, 0.3) is 87.7 Å². The van der Waals surface area contributed by atoms with Gasteiger partial charge >= 0.3 is 0 Å². The van der Waals surface area contributed by atoms with E-state index in [1.165, 1.54) is 43.8 Å². The fourth-order valence-corrected chi connectivity index (χ4v) is 9.57. The third-order valence-electron chi connectivity index (χ3n) is 12.2. The maximum atomic E-state index is 7.36. The van der Waals surface area contributed by atoms with Gasteiger partial charge in [0.15, 0.2) is 5.58 Å². The highest BCUT2D eigenvalue weighted by molar-refractivity contribution is 6.26. The molecule has 56 heavy (non-hydrogen) atoms. The van der Waals surface area contributed by atoms with E-state index in [1.807, 2.05) is 6.07 Å². The standard InChI is InChI=1S/C53H35NO2/c1-53(2)44-22-9-7-18-38(44)39-28-27-36(30-45(39)53)54(35-26-25-32-13-3-4-15-34(32)29-35)46-23-12-21-41-43-31-48-49(42-19-8-10-24-47(42)55-48)50(52(43)56-51(41)46)40-20-11-16-33-14-5-6-17-37(33)40/h3-31H,1-2H3. The van der Waals surface area contributed by atoms with E-state index in [2.05, 4.69) is 189 Å². The second-order valence-electron chi connectivity index (χ2n) is 15.6. The molecule has 3 nitrogen and oxygen atoms in total. The minimum absolute atomic E-state index is 0.146. The van der Waals surface area contributed by atoms with E-state index in [4.69, 9.17) is 8.83 Å². The number of para-hydroxylation sites is 2. The van der Waals surface area contributed by atoms with Crippen LogP contribution >= 0.6 is 0 Å². The zero-order valence-electron chi connectivity index (χ0n) is 31.0. The number of benzene rings is 9. The summed E-state index contributed by atoms with van der Waals surface area (Å²) in [5.74, 6) is 0. The summed E-state index contributed by atoms with van der Waals surface area (Å²) in [5.41, 5.74) is 13.9. The predicted octanol–water partition coefficient (Wildman–Crippen LogP) is 15.2. The quantitative estimate of drug-likeness (QED) is 0.182. The fraction of sp³-hybridized carbons (Fsp3) is 0.0566. The molecule has 264 valence electrons. The SMILES string of the molecule is CC1(C)c2ccccc2-c2ccc(N(c3ccc4ccccc4c3)c3cccc4c3oc3c(-c5cccc6ccccc56)c5c(cc34)oc3ccccc35)cc21. The summed E-state index contributed by atoms with van der Waals surface area (Å²) in [5, 5.41) is 8.97. The number of furan rings is 2. The van der Waals surface area contributed by atoms with E-state index >= 15 is 0 Å².